The molecule has 6 nitrogen and oxygen atoms in total. The van der Waals surface area contributed by atoms with Crippen LogP contribution in [0.25, 0.3) is 0 Å². The van der Waals surface area contributed by atoms with Crippen molar-refractivity contribution in [2.75, 3.05) is 13.2 Å². The highest BCUT2D eigenvalue weighted by Gasteiger charge is 2.28. The van der Waals surface area contributed by atoms with Gasteiger partial charge in [-0.2, -0.15) is 0 Å². The van der Waals surface area contributed by atoms with Crippen LogP contribution in [0.5, 0.6) is 23.0 Å². The van der Waals surface area contributed by atoms with Gasteiger partial charge in [0.05, 0.1) is 17.9 Å². The van der Waals surface area contributed by atoms with Crippen molar-refractivity contribution < 1.29 is 28.5 Å². The lowest BCUT2D eigenvalue weighted by Crippen LogP contribution is -2.21. The highest BCUT2D eigenvalue weighted by atomic mass is 79.9. The first-order chi connectivity index (χ1) is 21.1. The maximum Gasteiger partial charge on any atom is 0.349 e. The maximum absolute atomic E-state index is 12.6. The molecule has 0 heterocycles. The Bertz CT molecular complexity index is 1600. The zero-order valence-electron chi connectivity index (χ0n) is 24.4. The molecule has 0 amide bonds. The highest BCUT2D eigenvalue weighted by Crippen LogP contribution is 2.44. The number of carbonyl (C=O) groups excluding carboxylic acids is 2. The molecule has 12 heteroatoms. The normalized spacial score (nSPS) is 11.2. The van der Waals surface area contributed by atoms with E-state index in [9.17, 15) is 9.59 Å². The van der Waals surface area contributed by atoms with Crippen LogP contribution in [0, 0.1) is 13.8 Å². The summed E-state index contributed by atoms with van der Waals surface area (Å²) >= 11 is 26.2. The number of rotatable bonds is 10. The van der Waals surface area contributed by atoms with E-state index in [-0.39, 0.29) is 13.2 Å². The Morgan fingerprint density at radius 1 is 0.622 bits per heavy atom. The van der Waals surface area contributed by atoms with Gasteiger partial charge in [-0.05, 0) is 160 Å². The van der Waals surface area contributed by atoms with E-state index < -0.39 is 17.4 Å². The monoisotopic (exact) mass is 904 g/mol. The van der Waals surface area contributed by atoms with Gasteiger partial charge in [0.25, 0.3) is 0 Å². The first-order valence-electron chi connectivity index (χ1n) is 13.3. The maximum atomic E-state index is 12.6. The molecule has 4 aromatic carbocycles. The van der Waals surface area contributed by atoms with Gasteiger partial charge >= 0.3 is 11.9 Å². The second-order valence-electron chi connectivity index (χ2n) is 10.5. The van der Waals surface area contributed by atoms with Crippen molar-refractivity contribution in [1.82, 2.24) is 0 Å². The fraction of sp³-hybridized carbons (Fsp3) is 0.212. The van der Waals surface area contributed by atoms with Crippen molar-refractivity contribution in [2.45, 2.75) is 33.1 Å². The molecule has 0 aromatic heterocycles. The summed E-state index contributed by atoms with van der Waals surface area (Å²) in [5, 5.41) is 1.17. The van der Waals surface area contributed by atoms with E-state index in [1.807, 2.05) is 38.1 Å². The van der Waals surface area contributed by atoms with E-state index in [4.69, 9.17) is 42.1 Å². The van der Waals surface area contributed by atoms with Crippen LogP contribution in [0.4, 0.5) is 0 Å². The molecule has 0 radical (unpaired) electrons. The van der Waals surface area contributed by atoms with Gasteiger partial charge in [0.15, 0.2) is 24.7 Å². The van der Waals surface area contributed by atoms with Crippen LogP contribution in [-0.2, 0) is 15.0 Å². The smallest absolute Gasteiger partial charge is 0.349 e. The van der Waals surface area contributed by atoms with Crippen LogP contribution < -0.4 is 18.9 Å². The number of carbonyl (C=O) groups is 2. The van der Waals surface area contributed by atoms with E-state index in [0.29, 0.717) is 50.9 Å². The third kappa shape index (κ3) is 9.05. The Hall–Kier alpha value is -2.08. The standard InChI is InChI=1S/C33H26Br4Cl2O6/c1-17-9-21(38)5-7-27(17)42-15-29(40)44-31-23(34)11-19(12-24(31)35)33(3,4)20-13-25(36)32(26(37)14-20)45-30(41)16-43-28-8-6-22(39)10-18(28)2/h5-14H,15-16H2,1-4H3. The summed E-state index contributed by atoms with van der Waals surface area (Å²) in [7, 11) is 0. The second-order valence-corrected chi connectivity index (χ2v) is 14.8. The Labute approximate surface area is 305 Å². The summed E-state index contributed by atoms with van der Waals surface area (Å²) in [5.74, 6) is 0.624. The van der Waals surface area contributed by atoms with Crippen LogP contribution in [0.2, 0.25) is 10.0 Å². The minimum Gasteiger partial charge on any atom is -0.482 e. The molecule has 0 atom stereocenters. The zero-order chi connectivity index (χ0) is 33.1. The van der Waals surface area contributed by atoms with Crippen molar-refractivity contribution in [3.63, 3.8) is 0 Å². The molecule has 0 fully saturated rings. The molecule has 0 aliphatic heterocycles. The molecule has 0 N–H and O–H groups in total. The number of aryl methyl sites for hydroxylation is 2. The van der Waals surface area contributed by atoms with E-state index in [2.05, 4.69) is 77.6 Å². The molecule has 236 valence electrons. The minimum absolute atomic E-state index is 0.277. The summed E-state index contributed by atoms with van der Waals surface area (Å²) in [6, 6.07) is 17.9. The fourth-order valence-corrected chi connectivity index (χ4v) is 7.46. The molecule has 45 heavy (non-hydrogen) atoms. The number of halogens is 6. The fourth-order valence-electron chi connectivity index (χ4n) is 4.31. The average Bonchev–Trinajstić information content (AvgIpc) is 2.95. The number of hydrogen-bond donors (Lipinski definition) is 0. The van der Waals surface area contributed by atoms with Gasteiger partial charge in [0.2, 0.25) is 0 Å². The number of hydrogen-bond acceptors (Lipinski definition) is 6. The molecule has 0 saturated carbocycles. The number of esters is 2. The summed E-state index contributed by atoms with van der Waals surface area (Å²) in [5.41, 5.74) is 2.94. The summed E-state index contributed by atoms with van der Waals surface area (Å²) in [6.07, 6.45) is 0. The first kappa shape index (κ1) is 35.8. The van der Waals surface area contributed by atoms with Crippen molar-refractivity contribution in [3.8, 4) is 23.0 Å². The zero-order valence-corrected chi connectivity index (χ0v) is 32.3. The summed E-state index contributed by atoms with van der Waals surface area (Å²) < 4.78 is 24.8. The van der Waals surface area contributed by atoms with E-state index in [0.717, 1.165) is 22.3 Å². The Morgan fingerprint density at radius 3 is 1.27 bits per heavy atom. The van der Waals surface area contributed by atoms with Gasteiger partial charge in [-0.15, -0.1) is 0 Å². The molecule has 4 aromatic rings. The molecule has 0 aliphatic carbocycles. The Morgan fingerprint density at radius 2 is 0.956 bits per heavy atom. The highest BCUT2D eigenvalue weighted by molar-refractivity contribution is 9.11. The topological polar surface area (TPSA) is 71.1 Å². The van der Waals surface area contributed by atoms with Crippen molar-refractivity contribution in [1.29, 1.82) is 0 Å². The van der Waals surface area contributed by atoms with Gasteiger partial charge in [-0.3, -0.25) is 0 Å². The van der Waals surface area contributed by atoms with Crippen LogP contribution in [0.15, 0.2) is 78.6 Å². The number of ether oxygens (including phenoxy) is 4. The minimum atomic E-state index is -0.565. The molecular weight excluding hydrogens is 883 g/mol. The van der Waals surface area contributed by atoms with Gasteiger partial charge in [-0.1, -0.05) is 37.0 Å². The summed E-state index contributed by atoms with van der Waals surface area (Å²) in [6.45, 7) is 7.24. The van der Waals surface area contributed by atoms with Crippen molar-refractivity contribution >= 4 is 98.9 Å². The second kappa shape index (κ2) is 15.2. The van der Waals surface area contributed by atoms with Crippen molar-refractivity contribution in [3.05, 3.63) is 111 Å². The quantitative estimate of drug-likeness (QED) is 0.117. The van der Waals surface area contributed by atoms with Gasteiger partial charge in [0, 0.05) is 15.5 Å². The predicted octanol–water partition coefficient (Wildman–Crippen LogP) is 11.0. The lowest BCUT2D eigenvalue weighted by atomic mass is 9.78. The molecule has 0 aliphatic rings. The molecule has 0 unspecified atom stereocenters. The largest absolute Gasteiger partial charge is 0.482 e. The molecule has 0 saturated heterocycles. The van der Waals surface area contributed by atoms with Crippen molar-refractivity contribution in [2.24, 2.45) is 0 Å². The molecule has 4 rings (SSSR count). The Kier molecular flexibility index (Phi) is 12.1. The summed E-state index contributed by atoms with van der Waals surface area (Å²) in [4.78, 5) is 25.2. The van der Waals surface area contributed by atoms with Crippen LogP contribution >= 0.6 is 86.9 Å². The van der Waals surface area contributed by atoms with Gasteiger partial charge in [-0.25, -0.2) is 9.59 Å². The first-order valence-corrected chi connectivity index (χ1v) is 17.3. The molecular formula is C33H26Br4Cl2O6. The lowest BCUT2D eigenvalue weighted by Gasteiger charge is -2.28. The Balaban J connectivity index is 1.45. The van der Waals surface area contributed by atoms with Gasteiger partial charge in [0.1, 0.15) is 11.5 Å². The SMILES string of the molecule is Cc1cc(Cl)ccc1OCC(=O)Oc1c(Br)cc(C(C)(C)c2cc(Br)c(OC(=O)COc3ccc(Cl)cc3C)c(Br)c2)cc1Br. The van der Waals surface area contributed by atoms with E-state index in [1.165, 1.54) is 0 Å². The van der Waals surface area contributed by atoms with E-state index in [1.54, 1.807) is 36.4 Å². The molecule has 0 spiro atoms. The van der Waals surface area contributed by atoms with Crippen LogP contribution in [-0.4, -0.2) is 25.2 Å². The van der Waals surface area contributed by atoms with Gasteiger partial charge < -0.3 is 18.9 Å². The van der Waals surface area contributed by atoms with E-state index >= 15 is 0 Å². The third-order valence-electron chi connectivity index (χ3n) is 6.84. The number of benzene rings is 4. The third-order valence-corrected chi connectivity index (χ3v) is 9.66. The van der Waals surface area contributed by atoms with Crippen LogP contribution in [0.3, 0.4) is 0 Å². The lowest BCUT2D eigenvalue weighted by molar-refractivity contribution is -0.137. The molecule has 0 bridgehead atoms. The predicted molar refractivity (Wildman–Crippen MR) is 190 cm³/mol. The average molecular weight is 909 g/mol. The van der Waals surface area contributed by atoms with Crippen LogP contribution in [0.1, 0.15) is 36.1 Å².